The Bertz CT molecular complexity index is 510. The first-order chi connectivity index (χ1) is 8.65. The summed E-state index contributed by atoms with van der Waals surface area (Å²) in [5.41, 5.74) is 1.06. The average molecular weight is 265 g/mol. The van der Waals surface area contributed by atoms with Crippen LogP contribution < -0.4 is 0 Å². The van der Waals surface area contributed by atoms with Crippen LogP contribution in [0.5, 0.6) is 0 Å². The number of aliphatic hydroxyl groups is 1. The molecule has 0 fully saturated rings. The molecule has 2 aromatic rings. The first-order valence-corrected chi connectivity index (χ1v) is 6.41. The highest BCUT2D eigenvalue weighted by Gasteiger charge is 2.08. The number of nitrogens with zero attached hydrogens (tertiary/aromatic N) is 2. The lowest BCUT2D eigenvalue weighted by Crippen LogP contribution is -2.13. The smallest absolute Gasteiger partial charge is 0.108 e. The molecule has 96 valence electrons. The molecular weight excluding hydrogens is 248 g/mol. The number of imidazole rings is 1. The van der Waals surface area contributed by atoms with Crippen LogP contribution in [0, 0.1) is 0 Å². The van der Waals surface area contributed by atoms with Crippen molar-refractivity contribution in [1.82, 2.24) is 9.55 Å². The third-order valence-corrected chi connectivity index (χ3v) is 3.22. The number of aryl methyl sites for hydroxylation is 2. The van der Waals surface area contributed by atoms with Crippen molar-refractivity contribution in [3.63, 3.8) is 0 Å². The zero-order valence-corrected chi connectivity index (χ0v) is 11.1. The number of hydrogen-bond acceptors (Lipinski definition) is 2. The highest BCUT2D eigenvalue weighted by Crippen LogP contribution is 2.14. The molecule has 0 aliphatic heterocycles. The van der Waals surface area contributed by atoms with Crippen molar-refractivity contribution in [2.45, 2.75) is 25.4 Å². The van der Waals surface area contributed by atoms with Crippen molar-refractivity contribution in [3.05, 3.63) is 53.1 Å². The summed E-state index contributed by atoms with van der Waals surface area (Å²) in [5.74, 6) is 1.00. The summed E-state index contributed by atoms with van der Waals surface area (Å²) in [5, 5.41) is 10.7. The largest absolute Gasteiger partial charge is 0.393 e. The summed E-state index contributed by atoms with van der Waals surface area (Å²) >= 11 is 5.91. The second-order valence-corrected chi connectivity index (χ2v) is 4.92. The summed E-state index contributed by atoms with van der Waals surface area (Å²) in [6, 6.07) is 7.62. The molecule has 0 bridgehead atoms. The van der Waals surface area contributed by atoms with Gasteiger partial charge in [-0.15, -0.1) is 0 Å². The number of rotatable bonds is 5. The van der Waals surface area contributed by atoms with E-state index in [4.69, 9.17) is 11.6 Å². The van der Waals surface area contributed by atoms with E-state index in [1.807, 2.05) is 42.1 Å². The van der Waals surface area contributed by atoms with Gasteiger partial charge in [0.1, 0.15) is 5.82 Å². The molecule has 0 radical (unpaired) electrons. The normalized spacial score (nSPS) is 12.6. The molecule has 0 aliphatic carbocycles. The Morgan fingerprint density at radius 3 is 2.94 bits per heavy atom. The summed E-state index contributed by atoms with van der Waals surface area (Å²) in [6.45, 7) is 0. The molecule has 4 heteroatoms. The van der Waals surface area contributed by atoms with Crippen LogP contribution in [0.1, 0.15) is 17.8 Å². The molecule has 1 atom stereocenters. The zero-order valence-electron chi connectivity index (χ0n) is 10.4. The Morgan fingerprint density at radius 1 is 1.44 bits per heavy atom. The maximum Gasteiger partial charge on any atom is 0.108 e. The fourth-order valence-corrected chi connectivity index (χ4v) is 2.18. The summed E-state index contributed by atoms with van der Waals surface area (Å²) in [7, 11) is 1.96. The molecule has 1 aromatic carbocycles. The average Bonchev–Trinajstić information content (AvgIpc) is 2.72. The van der Waals surface area contributed by atoms with Crippen molar-refractivity contribution in [1.29, 1.82) is 0 Å². The molecule has 1 N–H and O–H groups in total. The van der Waals surface area contributed by atoms with Crippen molar-refractivity contribution in [3.8, 4) is 0 Å². The van der Waals surface area contributed by atoms with Crippen LogP contribution in [0.2, 0.25) is 5.02 Å². The summed E-state index contributed by atoms with van der Waals surface area (Å²) in [4.78, 5) is 4.24. The molecule has 0 spiro atoms. The van der Waals surface area contributed by atoms with E-state index < -0.39 is 0 Å². The van der Waals surface area contributed by atoms with Gasteiger partial charge in [0.25, 0.3) is 0 Å². The number of hydrogen-bond donors (Lipinski definition) is 1. The van der Waals surface area contributed by atoms with Gasteiger partial charge >= 0.3 is 0 Å². The maximum atomic E-state index is 10.0. The van der Waals surface area contributed by atoms with E-state index in [1.165, 1.54) is 0 Å². The van der Waals surface area contributed by atoms with Gasteiger partial charge in [-0.3, -0.25) is 0 Å². The summed E-state index contributed by atoms with van der Waals surface area (Å²) in [6.07, 6.45) is 5.45. The fourth-order valence-electron chi connectivity index (χ4n) is 1.97. The van der Waals surface area contributed by atoms with Gasteiger partial charge in [-0.1, -0.05) is 23.7 Å². The van der Waals surface area contributed by atoms with Crippen LogP contribution in [-0.4, -0.2) is 20.8 Å². The predicted molar refractivity (Wildman–Crippen MR) is 72.7 cm³/mol. The van der Waals surface area contributed by atoms with Gasteiger partial charge in [-0.25, -0.2) is 4.98 Å². The van der Waals surface area contributed by atoms with E-state index in [2.05, 4.69) is 4.98 Å². The first kappa shape index (κ1) is 13.1. The van der Waals surface area contributed by atoms with Crippen molar-refractivity contribution >= 4 is 11.6 Å². The highest BCUT2D eigenvalue weighted by molar-refractivity contribution is 6.30. The second-order valence-electron chi connectivity index (χ2n) is 4.48. The van der Waals surface area contributed by atoms with Gasteiger partial charge in [0, 0.05) is 30.9 Å². The van der Waals surface area contributed by atoms with E-state index in [1.54, 1.807) is 6.20 Å². The van der Waals surface area contributed by atoms with E-state index >= 15 is 0 Å². The molecule has 3 nitrogen and oxygen atoms in total. The number of halogens is 1. The molecule has 0 aliphatic rings. The van der Waals surface area contributed by atoms with Gasteiger partial charge in [0.15, 0.2) is 0 Å². The lowest BCUT2D eigenvalue weighted by Gasteiger charge is -2.10. The van der Waals surface area contributed by atoms with Gasteiger partial charge in [0.05, 0.1) is 6.10 Å². The second kappa shape index (κ2) is 6.03. The molecule has 0 amide bonds. The van der Waals surface area contributed by atoms with E-state index in [-0.39, 0.29) is 6.10 Å². The Hall–Kier alpha value is -1.32. The molecule has 1 aromatic heterocycles. The van der Waals surface area contributed by atoms with E-state index in [0.717, 1.165) is 17.8 Å². The Kier molecular flexibility index (Phi) is 4.39. The van der Waals surface area contributed by atoms with Crippen LogP contribution in [0.3, 0.4) is 0 Å². The van der Waals surface area contributed by atoms with Gasteiger partial charge in [0.2, 0.25) is 0 Å². The van der Waals surface area contributed by atoms with Crippen LogP contribution in [0.4, 0.5) is 0 Å². The highest BCUT2D eigenvalue weighted by atomic mass is 35.5. The summed E-state index contributed by atoms with van der Waals surface area (Å²) < 4.78 is 1.98. The number of benzene rings is 1. The molecule has 0 saturated carbocycles. The van der Waals surface area contributed by atoms with Crippen molar-refractivity contribution in [2.75, 3.05) is 0 Å². The third kappa shape index (κ3) is 3.59. The minimum atomic E-state index is -0.361. The molecule has 0 saturated heterocycles. The fraction of sp³-hybridized carbons (Fsp3) is 0.357. The standard InChI is InChI=1S/C14H17ClN2O/c1-17-8-7-16-14(17)6-5-13(18)10-11-3-2-4-12(15)9-11/h2-4,7-9,13,18H,5-6,10H2,1H3. The third-order valence-electron chi connectivity index (χ3n) is 2.98. The molecule has 2 rings (SSSR count). The number of aromatic nitrogens is 2. The SMILES string of the molecule is Cn1ccnc1CCC(O)Cc1cccc(Cl)c1. The minimum Gasteiger partial charge on any atom is -0.393 e. The maximum absolute atomic E-state index is 10.0. The van der Waals surface area contributed by atoms with E-state index in [0.29, 0.717) is 17.9 Å². The van der Waals surface area contributed by atoms with Gasteiger partial charge in [-0.2, -0.15) is 0 Å². The molecule has 18 heavy (non-hydrogen) atoms. The number of aliphatic hydroxyl groups excluding tert-OH is 1. The van der Waals surface area contributed by atoms with Crippen molar-refractivity contribution < 1.29 is 5.11 Å². The zero-order chi connectivity index (χ0) is 13.0. The van der Waals surface area contributed by atoms with Gasteiger partial charge < -0.3 is 9.67 Å². The van der Waals surface area contributed by atoms with Gasteiger partial charge in [-0.05, 0) is 30.5 Å². The topological polar surface area (TPSA) is 38.0 Å². The first-order valence-electron chi connectivity index (χ1n) is 6.04. The lowest BCUT2D eigenvalue weighted by molar-refractivity contribution is 0.164. The Labute approximate surface area is 112 Å². The lowest BCUT2D eigenvalue weighted by atomic mass is 10.0. The Balaban J connectivity index is 1.86. The molecule has 1 unspecified atom stereocenters. The monoisotopic (exact) mass is 264 g/mol. The van der Waals surface area contributed by atoms with Crippen LogP contribution in [-0.2, 0) is 19.9 Å². The van der Waals surface area contributed by atoms with Crippen LogP contribution in [0.25, 0.3) is 0 Å². The van der Waals surface area contributed by atoms with Crippen LogP contribution in [0.15, 0.2) is 36.7 Å². The predicted octanol–water partition coefficient (Wildman–Crippen LogP) is 2.61. The van der Waals surface area contributed by atoms with Crippen LogP contribution >= 0.6 is 11.6 Å². The molecule has 1 heterocycles. The minimum absolute atomic E-state index is 0.361. The quantitative estimate of drug-likeness (QED) is 0.902. The van der Waals surface area contributed by atoms with Crippen molar-refractivity contribution in [2.24, 2.45) is 7.05 Å². The molecular formula is C14H17ClN2O. The van der Waals surface area contributed by atoms with E-state index in [9.17, 15) is 5.11 Å². The Morgan fingerprint density at radius 2 is 2.28 bits per heavy atom.